The molecule has 0 saturated carbocycles. The van der Waals surface area contributed by atoms with E-state index in [9.17, 15) is 0 Å². The van der Waals surface area contributed by atoms with Crippen molar-refractivity contribution < 1.29 is 0 Å². The zero-order chi connectivity index (χ0) is 37.1. The molecule has 0 fully saturated rings. The summed E-state index contributed by atoms with van der Waals surface area (Å²) < 4.78 is 7.61. The van der Waals surface area contributed by atoms with Crippen molar-refractivity contribution in [2.24, 2.45) is 0 Å². The zero-order valence-corrected chi connectivity index (χ0v) is 31.9. The van der Waals surface area contributed by atoms with Crippen molar-refractivity contribution in [1.29, 1.82) is 0 Å². The van der Waals surface area contributed by atoms with Gasteiger partial charge < -0.3 is 9.13 Å². The van der Waals surface area contributed by atoms with Gasteiger partial charge in [0.2, 0.25) is 0 Å². The molecule has 0 unspecified atom stereocenters. The fourth-order valence-corrected chi connectivity index (χ4v) is 11.0. The van der Waals surface area contributed by atoms with Crippen molar-refractivity contribution in [2.75, 3.05) is 0 Å². The van der Waals surface area contributed by atoms with Crippen LogP contribution in [0.2, 0.25) is 0 Å². The van der Waals surface area contributed by atoms with Crippen molar-refractivity contribution in [3.8, 4) is 44.8 Å². The SMILES string of the molecule is CC1(C)c2ccccc2-c2c1n(-c1ccc(-c3cccc4c3sc3ccccc34)cc1)c1ccc(-c3ccc4c(c3)c3ccccc3n4-c3ccccc3)cc21. The monoisotopic (exact) mass is 732 g/mol. The Balaban J connectivity index is 1.04. The fraction of sp³-hybridized carbons (Fsp3) is 0.0566. The van der Waals surface area contributed by atoms with Gasteiger partial charge in [0.25, 0.3) is 0 Å². The number of thiophene rings is 1. The van der Waals surface area contributed by atoms with Gasteiger partial charge in [-0.1, -0.05) is 135 Å². The highest BCUT2D eigenvalue weighted by Gasteiger charge is 2.40. The highest BCUT2D eigenvalue weighted by atomic mass is 32.1. The molecule has 0 aliphatic heterocycles. The van der Waals surface area contributed by atoms with Crippen molar-refractivity contribution in [3.63, 3.8) is 0 Å². The van der Waals surface area contributed by atoms with Crippen LogP contribution in [0, 0.1) is 0 Å². The van der Waals surface area contributed by atoms with Gasteiger partial charge in [0.15, 0.2) is 0 Å². The normalized spacial score (nSPS) is 13.3. The van der Waals surface area contributed by atoms with E-state index in [1.807, 2.05) is 11.3 Å². The first-order valence-electron chi connectivity index (χ1n) is 19.4. The largest absolute Gasteiger partial charge is 0.312 e. The lowest BCUT2D eigenvalue weighted by atomic mass is 9.85. The lowest BCUT2D eigenvalue weighted by Crippen LogP contribution is -2.19. The van der Waals surface area contributed by atoms with E-state index in [0.29, 0.717) is 0 Å². The third-order valence-electron chi connectivity index (χ3n) is 12.3. The third-order valence-corrected chi connectivity index (χ3v) is 13.5. The van der Waals surface area contributed by atoms with Gasteiger partial charge in [-0.05, 0) is 94.0 Å². The molecule has 2 nitrogen and oxygen atoms in total. The van der Waals surface area contributed by atoms with Crippen LogP contribution in [-0.2, 0) is 5.41 Å². The van der Waals surface area contributed by atoms with Gasteiger partial charge in [-0.2, -0.15) is 0 Å². The summed E-state index contributed by atoms with van der Waals surface area (Å²) in [6.45, 7) is 4.78. The van der Waals surface area contributed by atoms with E-state index in [-0.39, 0.29) is 5.41 Å². The molecular weight excluding hydrogens is 697 g/mol. The van der Waals surface area contributed by atoms with Gasteiger partial charge in [-0.3, -0.25) is 0 Å². The second-order valence-electron chi connectivity index (χ2n) is 15.7. The Morgan fingerprint density at radius 1 is 0.411 bits per heavy atom. The molecule has 0 amide bonds. The van der Waals surface area contributed by atoms with Crippen LogP contribution < -0.4 is 0 Å². The van der Waals surface area contributed by atoms with Crippen LogP contribution in [0.1, 0.15) is 25.1 Å². The molecule has 56 heavy (non-hydrogen) atoms. The Bertz CT molecular complexity index is 3370. The van der Waals surface area contributed by atoms with Crippen LogP contribution in [0.25, 0.3) is 97.6 Å². The maximum Gasteiger partial charge on any atom is 0.0541 e. The minimum Gasteiger partial charge on any atom is -0.312 e. The zero-order valence-electron chi connectivity index (χ0n) is 31.1. The van der Waals surface area contributed by atoms with E-state index in [0.717, 1.165) is 0 Å². The number of para-hydroxylation sites is 2. The second kappa shape index (κ2) is 11.7. The number of hydrogen-bond donors (Lipinski definition) is 0. The summed E-state index contributed by atoms with van der Waals surface area (Å²) >= 11 is 1.89. The van der Waals surface area contributed by atoms with Crippen LogP contribution in [0.4, 0.5) is 0 Å². The van der Waals surface area contributed by atoms with E-state index in [4.69, 9.17) is 0 Å². The van der Waals surface area contributed by atoms with E-state index in [1.165, 1.54) is 109 Å². The first-order chi connectivity index (χ1) is 27.5. The van der Waals surface area contributed by atoms with Crippen LogP contribution >= 0.6 is 11.3 Å². The maximum atomic E-state index is 2.54. The molecule has 0 spiro atoms. The first-order valence-corrected chi connectivity index (χ1v) is 20.3. The maximum absolute atomic E-state index is 2.54. The number of benzene rings is 8. The summed E-state index contributed by atoms with van der Waals surface area (Å²) in [5.74, 6) is 0. The van der Waals surface area contributed by atoms with E-state index in [2.05, 4.69) is 205 Å². The second-order valence-corrected chi connectivity index (χ2v) is 16.8. The Kier molecular flexibility index (Phi) is 6.59. The van der Waals surface area contributed by atoms with Crippen LogP contribution in [0.3, 0.4) is 0 Å². The smallest absolute Gasteiger partial charge is 0.0541 e. The number of aromatic nitrogens is 2. The van der Waals surface area contributed by atoms with Crippen LogP contribution in [0.5, 0.6) is 0 Å². The minimum atomic E-state index is -0.176. The summed E-state index contributed by atoms with van der Waals surface area (Å²) in [4.78, 5) is 0. The standard InChI is InChI=1S/C53H36N2S/c1-53(2)45-20-9-6-17-42(45)50-44-32-35(34-25-29-47-43(31-34)39-15-7-10-21-46(39)54(47)36-13-4-3-5-14-36)26-30-48(44)55(52(50)53)37-27-23-33(24-28-37)38-18-12-19-41-40-16-8-11-22-49(40)56-51(38)41/h3-32H,1-2H3. The van der Waals surface area contributed by atoms with E-state index in [1.54, 1.807) is 0 Å². The summed E-state index contributed by atoms with van der Waals surface area (Å²) in [6.07, 6.45) is 0. The summed E-state index contributed by atoms with van der Waals surface area (Å²) in [5.41, 5.74) is 16.3. The van der Waals surface area contributed by atoms with Gasteiger partial charge in [-0.25, -0.2) is 0 Å². The molecule has 0 N–H and O–H groups in total. The van der Waals surface area contributed by atoms with Crippen LogP contribution in [0.15, 0.2) is 182 Å². The first kappa shape index (κ1) is 31.6. The molecule has 12 rings (SSSR count). The summed E-state index contributed by atoms with van der Waals surface area (Å²) in [6, 6.07) is 67.4. The fourth-order valence-electron chi connectivity index (χ4n) is 9.75. The van der Waals surface area contributed by atoms with E-state index >= 15 is 0 Å². The lowest BCUT2D eigenvalue weighted by molar-refractivity contribution is 0.624. The van der Waals surface area contributed by atoms with Gasteiger partial charge in [0.1, 0.15) is 0 Å². The molecule has 264 valence electrons. The average molecular weight is 733 g/mol. The number of fused-ring (bicyclic) bond motifs is 11. The molecule has 1 aliphatic rings. The van der Waals surface area contributed by atoms with Gasteiger partial charge >= 0.3 is 0 Å². The molecule has 3 heteroatoms. The molecule has 3 aromatic heterocycles. The molecule has 0 radical (unpaired) electrons. The van der Waals surface area contributed by atoms with Gasteiger partial charge in [-0.15, -0.1) is 11.3 Å². The minimum absolute atomic E-state index is 0.176. The topological polar surface area (TPSA) is 9.86 Å². The van der Waals surface area contributed by atoms with Crippen molar-refractivity contribution in [2.45, 2.75) is 19.3 Å². The number of hydrogen-bond acceptors (Lipinski definition) is 1. The molecule has 0 saturated heterocycles. The Hall–Kier alpha value is -6.68. The Morgan fingerprint density at radius 3 is 1.82 bits per heavy atom. The predicted octanol–water partition coefficient (Wildman–Crippen LogP) is 14.7. The quantitative estimate of drug-likeness (QED) is 0.170. The summed E-state index contributed by atoms with van der Waals surface area (Å²) in [5, 5.41) is 6.49. The van der Waals surface area contributed by atoms with Crippen molar-refractivity contribution in [3.05, 3.63) is 193 Å². The average Bonchev–Trinajstić information content (AvgIpc) is 3.97. The Morgan fingerprint density at radius 2 is 1.00 bits per heavy atom. The lowest BCUT2D eigenvalue weighted by Gasteiger charge is -2.24. The molecule has 1 aliphatic carbocycles. The number of rotatable bonds is 4. The molecule has 8 aromatic carbocycles. The van der Waals surface area contributed by atoms with Crippen LogP contribution in [-0.4, -0.2) is 9.13 Å². The van der Waals surface area contributed by atoms with E-state index < -0.39 is 0 Å². The molecular formula is C53H36N2S. The highest BCUT2D eigenvalue weighted by molar-refractivity contribution is 7.26. The predicted molar refractivity (Wildman–Crippen MR) is 239 cm³/mol. The van der Waals surface area contributed by atoms with Gasteiger partial charge in [0.05, 0.1) is 16.6 Å². The number of nitrogens with zero attached hydrogens (tertiary/aromatic N) is 2. The molecule has 0 atom stereocenters. The van der Waals surface area contributed by atoms with Crippen molar-refractivity contribution >= 4 is 64.2 Å². The third kappa shape index (κ3) is 4.38. The van der Waals surface area contributed by atoms with Gasteiger partial charge in [0, 0.05) is 64.4 Å². The highest BCUT2D eigenvalue weighted by Crippen LogP contribution is 2.54. The van der Waals surface area contributed by atoms with Crippen molar-refractivity contribution in [1.82, 2.24) is 9.13 Å². The summed E-state index contributed by atoms with van der Waals surface area (Å²) in [7, 11) is 0. The molecule has 3 heterocycles. The Labute approximate surface area is 329 Å². The molecule has 0 bridgehead atoms. The molecule has 11 aromatic rings.